The van der Waals surface area contributed by atoms with Crippen molar-refractivity contribution in [2.24, 2.45) is 0 Å². The maximum Gasteiger partial charge on any atom is 0.309 e. The summed E-state index contributed by atoms with van der Waals surface area (Å²) < 4.78 is 0. The van der Waals surface area contributed by atoms with Gasteiger partial charge in [-0.05, 0) is 30.9 Å². The summed E-state index contributed by atoms with van der Waals surface area (Å²) in [5, 5.41) is 14.2. The minimum atomic E-state index is -0.923. The zero-order chi connectivity index (χ0) is 17.7. The van der Waals surface area contributed by atoms with Crippen LogP contribution >= 0.6 is 11.3 Å². The summed E-state index contributed by atoms with van der Waals surface area (Å²) in [5.74, 6) is -1.47. The predicted octanol–water partition coefficient (Wildman–Crippen LogP) is 3.64. The van der Waals surface area contributed by atoms with Crippen molar-refractivity contribution in [2.75, 3.05) is 5.32 Å². The van der Waals surface area contributed by atoms with Gasteiger partial charge in [0, 0.05) is 11.1 Å². The number of aromatic nitrogens is 1. The minimum Gasteiger partial charge on any atom is -0.481 e. The molecule has 0 saturated carbocycles. The molecule has 2 N–H and O–H groups in total. The van der Waals surface area contributed by atoms with Crippen molar-refractivity contribution in [1.29, 1.82) is 0 Å². The number of nitrogens with zero attached hydrogens (tertiary/aromatic N) is 1. The lowest BCUT2D eigenvalue weighted by molar-refractivity contribution is -0.136. The molecule has 5 nitrogen and oxygen atoms in total. The second kappa shape index (κ2) is 8.06. The average molecular weight is 346 g/mol. The van der Waals surface area contributed by atoms with Gasteiger partial charge in [-0.2, -0.15) is 0 Å². The van der Waals surface area contributed by atoms with Gasteiger partial charge in [-0.1, -0.05) is 32.0 Å². The number of rotatable bonds is 7. The zero-order valence-electron chi connectivity index (χ0n) is 14.1. The SMILES string of the molecule is CCc1cccc(CC)c1NC(=O)C(C)c1nc(CC(=O)O)cs1. The number of aryl methyl sites for hydroxylation is 2. The fourth-order valence-corrected chi connectivity index (χ4v) is 3.38. The van der Waals surface area contributed by atoms with E-state index in [1.54, 1.807) is 12.3 Å². The number of hydrogen-bond acceptors (Lipinski definition) is 4. The molecule has 0 spiro atoms. The van der Waals surface area contributed by atoms with Gasteiger partial charge in [0.2, 0.25) is 5.91 Å². The lowest BCUT2D eigenvalue weighted by Gasteiger charge is -2.16. The van der Waals surface area contributed by atoms with Crippen LogP contribution in [0.1, 0.15) is 48.5 Å². The van der Waals surface area contributed by atoms with Gasteiger partial charge in [-0.25, -0.2) is 4.98 Å². The van der Waals surface area contributed by atoms with Crippen LogP contribution in [-0.4, -0.2) is 22.0 Å². The highest BCUT2D eigenvalue weighted by Crippen LogP contribution is 2.26. The van der Waals surface area contributed by atoms with Crippen LogP contribution in [0.4, 0.5) is 5.69 Å². The molecular formula is C18H22N2O3S. The van der Waals surface area contributed by atoms with Crippen LogP contribution in [0, 0.1) is 0 Å². The summed E-state index contributed by atoms with van der Waals surface area (Å²) in [5.41, 5.74) is 3.60. The maximum absolute atomic E-state index is 12.6. The van der Waals surface area contributed by atoms with E-state index in [1.165, 1.54) is 11.3 Å². The number of hydrogen-bond donors (Lipinski definition) is 2. The van der Waals surface area contributed by atoms with Crippen LogP contribution in [0.25, 0.3) is 0 Å². The lowest BCUT2D eigenvalue weighted by Crippen LogP contribution is -2.20. The number of para-hydroxylation sites is 1. The first kappa shape index (κ1) is 18.1. The fourth-order valence-electron chi connectivity index (χ4n) is 2.50. The molecule has 1 unspecified atom stereocenters. The molecule has 1 aromatic carbocycles. The van der Waals surface area contributed by atoms with Gasteiger partial charge in [0.1, 0.15) is 5.01 Å². The number of carbonyl (C=O) groups excluding carboxylic acids is 1. The van der Waals surface area contributed by atoms with Crippen LogP contribution < -0.4 is 5.32 Å². The smallest absolute Gasteiger partial charge is 0.309 e. The van der Waals surface area contributed by atoms with Gasteiger partial charge in [-0.3, -0.25) is 9.59 Å². The summed E-state index contributed by atoms with van der Waals surface area (Å²) in [4.78, 5) is 27.6. The molecule has 0 bridgehead atoms. The third kappa shape index (κ3) is 4.20. The summed E-state index contributed by atoms with van der Waals surface area (Å²) in [6, 6.07) is 6.05. The summed E-state index contributed by atoms with van der Waals surface area (Å²) in [7, 11) is 0. The number of carboxylic acid groups (broad SMARTS) is 1. The molecule has 0 fully saturated rings. The quantitative estimate of drug-likeness (QED) is 0.802. The first-order chi connectivity index (χ1) is 11.5. The number of anilines is 1. The molecule has 0 aliphatic heterocycles. The Kier molecular flexibility index (Phi) is 6.09. The predicted molar refractivity (Wildman–Crippen MR) is 95.7 cm³/mol. The third-order valence-corrected chi connectivity index (χ3v) is 4.99. The Bertz CT molecular complexity index is 717. The average Bonchev–Trinajstić information content (AvgIpc) is 3.01. The van der Waals surface area contributed by atoms with E-state index < -0.39 is 11.9 Å². The highest BCUT2D eigenvalue weighted by molar-refractivity contribution is 7.09. The van der Waals surface area contributed by atoms with E-state index in [2.05, 4.69) is 24.1 Å². The summed E-state index contributed by atoms with van der Waals surface area (Å²) >= 11 is 1.32. The van der Waals surface area contributed by atoms with E-state index in [4.69, 9.17) is 5.11 Å². The Hall–Kier alpha value is -2.21. The van der Waals surface area contributed by atoms with Gasteiger partial charge in [-0.15, -0.1) is 11.3 Å². The van der Waals surface area contributed by atoms with Crippen molar-refractivity contribution >= 4 is 28.9 Å². The molecule has 0 aliphatic carbocycles. The first-order valence-corrected chi connectivity index (χ1v) is 8.91. The van der Waals surface area contributed by atoms with E-state index in [0.717, 1.165) is 29.7 Å². The van der Waals surface area contributed by atoms with Crippen molar-refractivity contribution in [1.82, 2.24) is 4.98 Å². The van der Waals surface area contributed by atoms with E-state index >= 15 is 0 Å². The highest BCUT2D eigenvalue weighted by Gasteiger charge is 2.21. The molecule has 6 heteroatoms. The Morgan fingerprint density at radius 3 is 2.42 bits per heavy atom. The van der Waals surface area contributed by atoms with Gasteiger partial charge < -0.3 is 10.4 Å². The van der Waals surface area contributed by atoms with Crippen molar-refractivity contribution in [3.8, 4) is 0 Å². The second-order valence-electron chi connectivity index (χ2n) is 5.62. The number of benzene rings is 1. The Labute approximate surface area is 145 Å². The number of carboxylic acids is 1. The number of nitrogens with one attached hydrogen (secondary N) is 1. The molecule has 1 heterocycles. The highest BCUT2D eigenvalue weighted by atomic mass is 32.1. The third-order valence-electron chi connectivity index (χ3n) is 3.91. The normalized spacial score (nSPS) is 12.0. The second-order valence-corrected chi connectivity index (χ2v) is 6.51. The van der Waals surface area contributed by atoms with Crippen molar-refractivity contribution in [3.05, 3.63) is 45.4 Å². The first-order valence-electron chi connectivity index (χ1n) is 8.03. The molecule has 0 aliphatic rings. The van der Waals surface area contributed by atoms with Gasteiger partial charge in [0.05, 0.1) is 18.0 Å². The van der Waals surface area contributed by atoms with Crippen LogP contribution in [0.3, 0.4) is 0 Å². The molecule has 2 rings (SSSR count). The number of aliphatic carboxylic acids is 1. The number of thiazole rings is 1. The van der Waals surface area contributed by atoms with E-state index in [1.807, 2.05) is 18.2 Å². The van der Waals surface area contributed by atoms with Crippen molar-refractivity contribution in [3.63, 3.8) is 0 Å². The minimum absolute atomic E-state index is 0.122. The Balaban J connectivity index is 2.17. The van der Waals surface area contributed by atoms with Gasteiger partial charge in [0.15, 0.2) is 0 Å². The van der Waals surface area contributed by atoms with Crippen LogP contribution in [0.2, 0.25) is 0 Å². The van der Waals surface area contributed by atoms with E-state index in [-0.39, 0.29) is 12.3 Å². The number of amides is 1. The molecule has 1 amide bonds. The van der Waals surface area contributed by atoms with Gasteiger partial charge in [0.25, 0.3) is 0 Å². The Morgan fingerprint density at radius 2 is 1.88 bits per heavy atom. The maximum atomic E-state index is 12.6. The van der Waals surface area contributed by atoms with E-state index in [0.29, 0.717) is 10.7 Å². The molecule has 2 aromatic rings. The van der Waals surface area contributed by atoms with Crippen LogP contribution in [-0.2, 0) is 28.9 Å². The largest absolute Gasteiger partial charge is 0.481 e. The zero-order valence-corrected chi connectivity index (χ0v) is 14.9. The topological polar surface area (TPSA) is 79.3 Å². The molecule has 1 atom stereocenters. The molecule has 0 radical (unpaired) electrons. The van der Waals surface area contributed by atoms with Crippen LogP contribution in [0.5, 0.6) is 0 Å². The summed E-state index contributed by atoms with van der Waals surface area (Å²) in [6.07, 6.45) is 1.57. The van der Waals surface area contributed by atoms with Gasteiger partial charge >= 0.3 is 5.97 Å². The van der Waals surface area contributed by atoms with Crippen LogP contribution in [0.15, 0.2) is 23.6 Å². The standard InChI is InChI=1S/C18H22N2O3S/c1-4-12-7-6-8-13(5-2)16(12)20-17(23)11(3)18-19-14(10-24-18)9-15(21)22/h6-8,10-11H,4-5,9H2,1-3H3,(H,20,23)(H,21,22). The van der Waals surface area contributed by atoms with Crippen molar-refractivity contribution < 1.29 is 14.7 Å². The Morgan fingerprint density at radius 1 is 1.25 bits per heavy atom. The fraction of sp³-hybridized carbons (Fsp3) is 0.389. The lowest BCUT2D eigenvalue weighted by atomic mass is 10.0. The summed E-state index contributed by atoms with van der Waals surface area (Å²) in [6.45, 7) is 5.92. The molecular weight excluding hydrogens is 324 g/mol. The molecule has 0 saturated heterocycles. The molecule has 24 heavy (non-hydrogen) atoms. The van der Waals surface area contributed by atoms with E-state index in [9.17, 15) is 9.59 Å². The molecule has 128 valence electrons. The van der Waals surface area contributed by atoms with Crippen molar-refractivity contribution in [2.45, 2.75) is 46.0 Å². The monoisotopic (exact) mass is 346 g/mol. The number of carbonyl (C=O) groups is 2. The molecule has 1 aromatic heterocycles.